The second kappa shape index (κ2) is 7.50. The zero-order chi connectivity index (χ0) is 18.8. The molecule has 0 aliphatic carbocycles. The number of hydrogen-bond donors (Lipinski definition) is 3. The molecule has 25 heavy (non-hydrogen) atoms. The molecule has 2 rings (SSSR count). The molecule has 0 aromatic carbocycles. The van der Waals surface area contributed by atoms with Crippen LogP contribution in [0.3, 0.4) is 0 Å². The van der Waals surface area contributed by atoms with Crippen molar-refractivity contribution in [2.75, 3.05) is 11.1 Å². The number of anilines is 1. The van der Waals surface area contributed by atoms with E-state index in [1.54, 1.807) is 0 Å². The number of amides is 2. The Hall–Kier alpha value is -1.33. The molecular formula is C14H16BrF3N4O2S. The third kappa shape index (κ3) is 4.64. The topological polar surface area (TPSA) is 86.6 Å². The summed E-state index contributed by atoms with van der Waals surface area (Å²) >= 11 is 3.98. The summed E-state index contributed by atoms with van der Waals surface area (Å²) in [6.45, 7) is 3.75. The van der Waals surface area contributed by atoms with Crippen LogP contribution in [0.25, 0.3) is 0 Å². The van der Waals surface area contributed by atoms with Crippen molar-refractivity contribution in [3.05, 3.63) is 22.3 Å². The van der Waals surface area contributed by atoms with E-state index in [1.807, 2.05) is 13.8 Å². The number of aliphatic hydroxyl groups is 1. The highest BCUT2D eigenvalue weighted by molar-refractivity contribution is 9.10. The molecule has 0 spiro atoms. The maximum absolute atomic E-state index is 12.9. The number of carbonyl (C=O) groups is 1. The van der Waals surface area contributed by atoms with Gasteiger partial charge in [-0.15, -0.1) is 11.8 Å². The molecule has 1 aromatic rings. The van der Waals surface area contributed by atoms with E-state index in [0.29, 0.717) is 10.0 Å². The smallest absolute Gasteiger partial charge is 0.361 e. The molecule has 6 nitrogen and oxygen atoms in total. The standard InChI is InChI=1S/C14H16BrF3N4O2S/c1-3-7(2)20-12(23)21-10-4-8(9(15)5-19-10)11-22-13(24,6-25-11)14(16,17)18/h4-5,7,24H,3,6H2,1-2H3,(H2,19,20,21,23). The SMILES string of the molecule is CCC(C)NC(=O)Nc1cc(C2=NC(O)(C(F)(F)F)CS2)c(Br)cn1. The summed E-state index contributed by atoms with van der Waals surface area (Å²) in [6, 6.07) is 0.892. The first-order valence-corrected chi connectivity index (χ1v) is 9.09. The number of aromatic nitrogens is 1. The Kier molecular flexibility index (Phi) is 6.00. The Morgan fingerprint density at radius 1 is 1.56 bits per heavy atom. The minimum absolute atomic E-state index is 0.0134. The molecule has 2 unspecified atom stereocenters. The molecule has 1 aliphatic heterocycles. The van der Waals surface area contributed by atoms with E-state index in [4.69, 9.17) is 0 Å². The van der Waals surface area contributed by atoms with Gasteiger partial charge in [-0.05, 0) is 35.3 Å². The van der Waals surface area contributed by atoms with Gasteiger partial charge in [0.05, 0.1) is 5.75 Å². The lowest BCUT2D eigenvalue weighted by atomic mass is 10.2. The average Bonchev–Trinajstić information content (AvgIpc) is 2.92. The Bertz CT molecular complexity index is 701. The van der Waals surface area contributed by atoms with Crippen molar-refractivity contribution in [1.29, 1.82) is 0 Å². The maximum atomic E-state index is 12.9. The van der Waals surface area contributed by atoms with Crippen LogP contribution in [-0.4, -0.2) is 44.9 Å². The minimum Gasteiger partial charge on any atom is -0.361 e. The van der Waals surface area contributed by atoms with Crippen molar-refractivity contribution >= 4 is 44.6 Å². The molecule has 0 bridgehead atoms. The van der Waals surface area contributed by atoms with Crippen molar-refractivity contribution in [1.82, 2.24) is 10.3 Å². The first kappa shape index (κ1) is 20.0. The second-order valence-corrected chi connectivity index (χ2v) is 7.30. The highest BCUT2D eigenvalue weighted by Crippen LogP contribution is 2.41. The summed E-state index contributed by atoms with van der Waals surface area (Å²) in [4.78, 5) is 19.3. The minimum atomic E-state index is -4.86. The number of aliphatic imine (C=N–C) groups is 1. The lowest BCUT2D eigenvalue weighted by Gasteiger charge is -2.21. The summed E-state index contributed by atoms with van der Waals surface area (Å²) in [5.41, 5.74) is -2.81. The highest BCUT2D eigenvalue weighted by Gasteiger charge is 2.57. The Morgan fingerprint density at radius 2 is 2.24 bits per heavy atom. The van der Waals surface area contributed by atoms with Gasteiger partial charge in [-0.1, -0.05) is 6.92 Å². The van der Waals surface area contributed by atoms with Crippen LogP contribution in [0.1, 0.15) is 25.8 Å². The van der Waals surface area contributed by atoms with Gasteiger partial charge in [0, 0.05) is 22.3 Å². The fraction of sp³-hybridized carbons (Fsp3) is 0.500. The van der Waals surface area contributed by atoms with Crippen LogP contribution in [0.2, 0.25) is 0 Å². The van der Waals surface area contributed by atoms with Gasteiger partial charge in [0.1, 0.15) is 10.9 Å². The van der Waals surface area contributed by atoms with Crippen molar-refractivity contribution < 1.29 is 23.1 Å². The first-order chi connectivity index (χ1) is 11.6. The average molecular weight is 441 g/mol. The molecule has 2 amide bonds. The molecule has 0 radical (unpaired) electrons. The number of hydrogen-bond acceptors (Lipinski definition) is 5. The number of halogens is 4. The molecule has 0 saturated heterocycles. The molecule has 0 fully saturated rings. The molecule has 1 aliphatic rings. The van der Waals surface area contributed by atoms with E-state index in [1.165, 1.54) is 12.3 Å². The monoisotopic (exact) mass is 440 g/mol. The Balaban J connectivity index is 2.23. The normalized spacial score (nSPS) is 21.6. The van der Waals surface area contributed by atoms with E-state index >= 15 is 0 Å². The van der Waals surface area contributed by atoms with Crippen LogP contribution < -0.4 is 10.6 Å². The van der Waals surface area contributed by atoms with Gasteiger partial charge in [0.2, 0.25) is 0 Å². The number of rotatable bonds is 4. The molecule has 138 valence electrons. The van der Waals surface area contributed by atoms with Crippen LogP contribution in [0.5, 0.6) is 0 Å². The van der Waals surface area contributed by atoms with Crippen molar-refractivity contribution in [3.8, 4) is 0 Å². The van der Waals surface area contributed by atoms with E-state index in [0.717, 1.165) is 18.2 Å². The van der Waals surface area contributed by atoms with Crippen molar-refractivity contribution in [3.63, 3.8) is 0 Å². The van der Waals surface area contributed by atoms with Crippen LogP contribution in [-0.2, 0) is 0 Å². The summed E-state index contributed by atoms with van der Waals surface area (Å²) in [5.74, 6) is -0.470. The third-order valence-electron chi connectivity index (χ3n) is 3.47. The lowest BCUT2D eigenvalue weighted by Crippen LogP contribution is -2.43. The van der Waals surface area contributed by atoms with E-state index in [-0.39, 0.29) is 16.9 Å². The number of pyridine rings is 1. The first-order valence-electron chi connectivity index (χ1n) is 7.31. The summed E-state index contributed by atoms with van der Waals surface area (Å²) in [5, 5.41) is 14.9. The molecule has 2 heterocycles. The number of alkyl halides is 3. The van der Waals surface area contributed by atoms with Crippen LogP contribution in [0.4, 0.5) is 23.8 Å². The van der Waals surface area contributed by atoms with Gasteiger partial charge in [-0.25, -0.2) is 14.8 Å². The molecule has 11 heteroatoms. The number of carbonyl (C=O) groups excluding carboxylic acids is 1. The van der Waals surface area contributed by atoms with Gasteiger partial charge >= 0.3 is 12.2 Å². The third-order valence-corrected chi connectivity index (χ3v) is 5.23. The van der Waals surface area contributed by atoms with Gasteiger partial charge in [-0.2, -0.15) is 13.2 Å². The Labute approximate surface area is 154 Å². The highest BCUT2D eigenvalue weighted by atomic mass is 79.9. The lowest BCUT2D eigenvalue weighted by molar-refractivity contribution is -0.245. The summed E-state index contributed by atoms with van der Waals surface area (Å²) < 4.78 is 39.0. The van der Waals surface area contributed by atoms with Gasteiger partial charge in [0.25, 0.3) is 5.72 Å². The molecule has 3 N–H and O–H groups in total. The second-order valence-electron chi connectivity index (χ2n) is 5.48. The van der Waals surface area contributed by atoms with Crippen LogP contribution in [0, 0.1) is 0 Å². The quantitative estimate of drug-likeness (QED) is 0.668. The molecule has 1 aromatic heterocycles. The van der Waals surface area contributed by atoms with E-state index in [9.17, 15) is 23.1 Å². The van der Waals surface area contributed by atoms with E-state index in [2.05, 4.69) is 36.5 Å². The fourth-order valence-corrected chi connectivity index (χ4v) is 3.48. The number of urea groups is 1. The predicted molar refractivity (Wildman–Crippen MR) is 93.8 cm³/mol. The van der Waals surface area contributed by atoms with Gasteiger partial charge in [0.15, 0.2) is 0 Å². The molecule has 0 saturated carbocycles. The molecular weight excluding hydrogens is 425 g/mol. The van der Waals surface area contributed by atoms with Gasteiger partial charge in [-0.3, -0.25) is 5.32 Å². The number of nitrogens with zero attached hydrogens (tertiary/aromatic N) is 2. The predicted octanol–water partition coefficient (Wildman–Crippen LogP) is 3.51. The number of nitrogens with one attached hydrogen (secondary N) is 2. The number of thioether (sulfide) groups is 1. The Morgan fingerprint density at radius 3 is 2.80 bits per heavy atom. The zero-order valence-corrected chi connectivity index (χ0v) is 15.7. The summed E-state index contributed by atoms with van der Waals surface area (Å²) in [6.07, 6.45) is -2.77. The van der Waals surface area contributed by atoms with Crippen molar-refractivity contribution in [2.45, 2.75) is 38.2 Å². The maximum Gasteiger partial charge on any atom is 0.439 e. The molecule has 2 atom stereocenters. The van der Waals surface area contributed by atoms with Crippen molar-refractivity contribution in [2.24, 2.45) is 4.99 Å². The van der Waals surface area contributed by atoms with Gasteiger partial charge < -0.3 is 10.4 Å². The summed E-state index contributed by atoms with van der Waals surface area (Å²) in [7, 11) is 0. The fourth-order valence-electron chi connectivity index (χ4n) is 1.83. The zero-order valence-electron chi connectivity index (χ0n) is 13.3. The van der Waals surface area contributed by atoms with Crippen LogP contribution >= 0.6 is 27.7 Å². The van der Waals surface area contributed by atoms with Crippen LogP contribution in [0.15, 0.2) is 21.7 Å². The largest absolute Gasteiger partial charge is 0.439 e. The van der Waals surface area contributed by atoms with E-state index < -0.39 is 23.7 Å².